The lowest BCUT2D eigenvalue weighted by Crippen LogP contribution is -2.50. The third-order valence-electron chi connectivity index (χ3n) is 8.23. The van der Waals surface area contributed by atoms with Gasteiger partial charge >= 0.3 is 0 Å². The number of aliphatic hydroxyl groups is 1. The molecule has 0 saturated carbocycles. The molecule has 0 bridgehead atoms. The van der Waals surface area contributed by atoms with Crippen LogP contribution in [0.15, 0.2) is 102 Å². The minimum absolute atomic E-state index is 0.0860. The van der Waals surface area contributed by atoms with Gasteiger partial charge in [-0.1, -0.05) is 18.2 Å². The van der Waals surface area contributed by atoms with Crippen LogP contribution in [-0.4, -0.2) is 62.2 Å². The summed E-state index contributed by atoms with van der Waals surface area (Å²) in [5, 5.41) is 15.2. The predicted molar refractivity (Wildman–Crippen MR) is 173 cm³/mol. The van der Waals surface area contributed by atoms with E-state index in [1.165, 1.54) is 29.3 Å². The fraction of sp³-hybridized carbons (Fsp3) is 0.167. The van der Waals surface area contributed by atoms with Gasteiger partial charge in [0.15, 0.2) is 0 Å². The van der Waals surface area contributed by atoms with Gasteiger partial charge in [0.1, 0.15) is 29.0 Å². The summed E-state index contributed by atoms with van der Waals surface area (Å²) in [4.78, 5) is 42.9. The lowest BCUT2D eigenvalue weighted by Gasteiger charge is -2.35. The fourth-order valence-electron chi connectivity index (χ4n) is 5.68. The van der Waals surface area contributed by atoms with Crippen LogP contribution in [-0.2, 0) is 22.6 Å². The molecule has 9 nitrogen and oxygen atoms in total. The minimum Gasteiger partial charge on any atom is -0.507 e. The molecule has 1 saturated heterocycles. The van der Waals surface area contributed by atoms with Gasteiger partial charge in [0.2, 0.25) is 5.78 Å². The zero-order chi connectivity index (χ0) is 34.7. The minimum atomic E-state index is -1.17. The average molecular weight is 672 g/mol. The Balaban J connectivity index is 1.21. The van der Waals surface area contributed by atoms with Crippen LogP contribution in [0, 0.1) is 23.3 Å². The lowest BCUT2D eigenvalue weighted by molar-refractivity contribution is -0.142. The van der Waals surface area contributed by atoms with Crippen LogP contribution in [0.1, 0.15) is 22.3 Å². The van der Waals surface area contributed by atoms with Crippen molar-refractivity contribution in [1.29, 1.82) is 0 Å². The van der Waals surface area contributed by atoms with E-state index >= 15 is 0 Å². The van der Waals surface area contributed by atoms with Crippen molar-refractivity contribution in [3.05, 3.63) is 153 Å². The summed E-state index contributed by atoms with van der Waals surface area (Å²) in [5.41, 5.74) is 0.191. The number of nitrogens with zero attached hydrogens (tertiary/aromatic N) is 5. The Morgan fingerprint density at radius 1 is 0.837 bits per heavy atom. The first kappa shape index (κ1) is 32.9. The highest BCUT2D eigenvalue weighted by molar-refractivity contribution is 6.41. The smallest absolute Gasteiger partial charge is 0.294 e. The summed E-state index contributed by atoms with van der Waals surface area (Å²) in [6, 6.07) is 17.3. The van der Waals surface area contributed by atoms with Crippen LogP contribution in [0.2, 0.25) is 0 Å². The van der Waals surface area contributed by atoms with Crippen molar-refractivity contribution in [3.63, 3.8) is 0 Å². The van der Waals surface area contributed by atoms with E-state index < -0.39 is 63.8 Å². The molecule has 250 valence electrons. The summed E-state index contributed by atoms with van der Waals surface area (Å²) < 4.78 is 59.8. The Labute approximate surface area is 277 Å². The van der Waals surface area contributed by atoms with Gasteiger partial charge in [0, 0.05) is 86.2 Å². The summed E-state index contributed by atoms with van der Waals surface area (Å²) in [6.07, 6.45) is 4.89. The zero-order valence-corrected chi connectivity index (χ0v) is 25.9. The molecule has 1 fully saturated rings. The Hall–Kier alpha value is -5.98. The number of halogens is 4. The third-order valence-corrected chi connectivity index (χ3v) is 8.23. The van der Waals surface area contributed by atoms with Gasteiger partial charge in [-0.15, -0.1) is 0 Å². The standard InChI is InChI=1S/C36H29F4N5O4/c37-25-18-31(39)28(32(40)19-25)16-23-17-29(35(48)44(21-23)22-24-4-1-2-5-30(24)38)33(46)20-34(47)36(49)43-14-12-42(13-15-43)26-6-8-27(9-7-26)45-11-3-10-41-45/h1-11,17-21,46H,12-16,22H2. The fourth-order valence-corrected chi connectivity index (χ4v) is 5.68. The second-order valence-corrected chi connectivity index (χ2v) is 11.5. The van der Waals surface area contributed by atoms with Crippen molar-refractivity contribution in [1.82, 2.24) is 19.2 Å². The van der Waals surface area contributed by atoms with E-state index in [4.69, 9.17) is 0 Å². The van der Waals surface area contributed by atoms with Crippen molar-refractivity contribution in [3.8, 4) is 5.69 Å². The van der Waals surface area contributed by atoms with Gasteiger partial charge in [-0.2, -0.15) is 5.10 Å². The number of ketones is 1. The average Bonchev–Trinajstić information content (AvgIpc) is 3.64. The van der Waals surface area contributed by atoms with E-state index in [0.29, 0.717) is 31.3 Å². The van der Waals surface area contributed by atoms with Gasteiger partial charge in [-0.3, -0.25) is 14.4 Å². The van der Waals surface area contributed by atoms with Gasteiger partial charge in [-0.05, 0) is 48.0 Å². The van der Waals surface area contributed by atoms with Crippen LogP contribution < -0.4 is 10.5 Å². The van der Waals surface area contributed by atoms with Crippen molar-refractivity contribution >= 4 is 23.1 Å². The molecule has 1 aliphatic heterocycles. The highest BCUT2D eigenvalue weighted by Crippen LogP contribution is 2.22. The number of aromatic nitrogens is 3. The van der Waals surface area contributed by atoms with Crippen molar-refractivity contribution in [2.45, 2.75) is 13.0 Å². The summed E-state index contributed by atoms with van der Waals surface area (Å²) in [6.45, 7) is 1.00. The molecule has 3 aromatic carbocycles. The number of amides is 1. The molecule has 1 N–H and O–H groups in total. The van der Waals surface area contributed by atoms with Crippen LogP contribution in [0.25, 0.3) is 11.4 Å². The molecule has 0 aliphatic carbocycles. The Bertz CT molecular complexity index is 2080. The predicted octanol–water partition coefficient (Wildman–Crippen LogP) is 5.05. The Morgan fingerprint density at radius 2 is 1.51 bits per heavy atom. The van der Waals surface area contributed by atoms with Crippen LogP contribution in [0.4, 0.5) is 23.2 Å². The quantitative estimate of drug-likeness (QED) is 0.102. The number of hydrogen-bond acceptors (Lipinski definition) is 6. The number of anilines is 1. The van der Waals surface area contributed by atoms with Gasteiger partial charge < -0.3 is 19.5 Å². The summed E-state index contributed by atoms with van der Waals surface area (Å²) >= 11 is 0. The van der Waals surface area contributed by atoms with Crippen molar-refractivity contribution in [2.24, 2.45) is 0 Å². The van der Waals surface area contributed by atoms with E-state index in [1.54, 1.807) is 16.9 Å². The first-order valence-corrected chi connectivity index (χ1v) is 15.3. The van der Waals surface area contributed by atoms with E-state index in [2.05, 4.69) is 10.00 Å². The largest absolute Gasteiger partial charge is 0.507 e. The molecule has 0 spiro atoms. The van der Waals surface area contributed by atoms with E-state index in [9.17, 15) is 37.1 Å². The van der Waals surface area contributed by atoms with Gasteiger partial charge in [-0.25, -0.2) is 22.2 Å². The number of benzene rings is 3. The highest BCUT2D eigenvalue weighted by Gasteiger charge is 2.26. The number of carbonyl (C=O) groups is 2. The maximum absolute atomic E-state index is 14.5. The monoisotopic (exact) mass is 671 g/mol. The molecule has 0 atom stereocenters. The summed E-state index contributed by atoms with van der Waals surface area (Å²) in [7, 11) is 0. The molecule has 1 aliphatic rings. The van der Waals surface area contributed by atoms with Gasteiger partial charge in [0.25, 0.3) is 11.5 Å². The van der Waals surface area contributed by atoms with E-state index in [-0.39, 0.29) is 30.8 Å². The molecule has 0 radical (unpaired) electrons. The van der Waals surface area contributed by atoms with Crippen molar-refractivity contribution < 1.29 is 32.3 Å². The molecule has 6 rings (SSSR count). The highest BCUT2D eigenvalue weighted by atomic mass is 19.1. The number of rotatable bonds is 9. The molecule has 49 heavy (non-hydrogen) atoms. The Morgan fingerprint density at radius 3 is 2.16 bits per heavy atom. The normalized spacial score (nSPS) is 13.5. The maximum Gasteiger partial charge on any atom is 0.294 e. The topological polar surface area (TPSA) is 101 Å². The second-order valence-electron chi connectivity index (χ2n) is 11.5. The summed E-state index contributed by atoms with van der Waals surface area (Å²) in [5.74, 6) is -6.91. The van der Waals surface area contributed by atoms with Gasteiger partial charge in [0.05, 0.1) is 17.8 Å². The molecular weight excluding hydrogens is 642 g/mol. The third kappa shape index (κ3) is 7.30. The van der Waals surface area contributed by atoms with E-state index in [0.717, 1.165) is 22.0 Å². The van der Waals surface area contributed by atoms with Crippen LogP contribution in [0.5, 0.6) is 0 Å². The number of piperazine rings is 1. The van der Waals surface area contributed by atoms with Crippen molar-refractivity contribution in [2.75, 3.05) is 31.1 Å². The lowest BCUT2D eigenvalue weighted by atomic mass is 10.0. The first-order valence-electron chi connectivity index (χ1n) is 15.3. The number of hydrogen-bond donors (Lipinski definition) is 1. The van der Waals surface area contributed by atoms with Crippen LogP contribution in [0.3, 0.4) is 0 Å². The maximum atomic E-state index is 14.5. The number of carbonyl (C=O) groups excluding carboxylic acids is 2. The molecule has 2 aromatic heterocycles. The second kappa shape index (κ2) is 14.0. The van der Waals surface area contributed by atoms with Crippen LogP contribution >= 0.6 is 0 Å². The molecule has 0 unspecified atom stereocenters. The zero-order valence-electron chi connectivity index (χ0n) is 25.9. The molecule has 5 aromatic rings. The molecule has 1 amide bonds. The SMILES string of the molecule is O=C(C=C(O)c1cc(Cc2c(F)cc(F)cc2F)cn(Cc2ccccc2F)c1=O)C(=O)N1CCN(c2ccc(-n3cccn3)cc2)CC1. The Kier molecular flexibility index (Phi) is 9.42. The molecule has 13 heteroatoms. The first-order chi connectivity index (χ1) is 23.6. The molecule has 3 heterocycles. The number of pyridine rings is 1. The number of aliphatic hydroxyl groups excluding tert-OH is 1. The molecular formula is C36H29F4N5O4. The van der Waals surface area contributed by atoms with E-state index in [1.807, 2.05) is 36.5 Å².